The molecular weight excluding hydrogens is 171 g/mol. The monoisotopic (exact) mass is 182 g/mol. The van der Waals surface area contributed by atoms with E-state index >= 15 is 0 Å². The summed E-state index contributed by atoms with van der Waals surface area (Å²) in [6, 6.07) is 4.03. The third-order valence-corrected chi connectivity index (χ3v) is 1.82. The van der Waals surface area contributed by atoms with Crippen LogP contribution in [0.2, 0.25) is 0 Å². The van der Waals surface area contributed by atoms with E-state index in [1.54, 1.807) is 6.92 Å². The lowest BCUT2D eigenvalue weighted by Gasteiger charge is -2.04. The Balaban J connectivity index is 3.04. The van der Waals surface area contributed by atoms with E-state index in [-0.39, 0.29) is 11.6 Å². The first-order chi connectivity index (χ1) is 6.02. The van der Waals surface area contributed by atoms with E-state index in [0.29, 0.717) is 11.1 Å². The smallest absolute Gasteiger partial charge is 0.190 e. The lowest BCUT2D eigenvalue weighted by molar-refractivity contribution is 0.0779. The molecule has 3 heteroatoms. The van der Waals surface area contributed by atoms with Crippen LogP contribution in [0.3, 0.4) is 0 Å². The summed E-state index contributed by atoms with van der Waals surface area (Å²) in [4.78, 5) is 11.2. The zero-order valence-corrected chi connectivity index (χ0v) is 7.54. The number of halogens is 1. The molecule has 70 valence electrons. The van der Waals surface area contributed by atoms with Crippen LogP contribution in [0.4, 0.5) is 4.39 Å². The molecule has 1 unspecified atom stereocenters. The van der Waals surface area contributed by atoms with Crippen LogP contribution in [0, 0.1) is 12.7 Å². The molecular formula is C10H11FO2. The summed E-state index contributed by atoms with van der Waals surface area (Å²) in [5.41, 5.74) is 0.750. The third kappa shape index (κ3) is 2.12. The van der Waals surface area contributed by atoms with Crippen LogP contribution in [-0.4, -0.2) is 17.0 Å². The largest absolute Gasteiger partial charge is 0.385 e. The van der Waals surface area contributed by atoms with Crippen LogP contribution >= 0.6 is 0 Å². The van der Waals surface area contributed by atoms with Gasteiger partial charge in [0.2, 0.25) is 0 Å². The molecule has 1 aromatic rings. The highest BCUT2D eigenvalue weighted by molar-refractivity contribution is 5.99. The van der Waals surface area contributed by atoms with Crippen molar-refractivity contribution in [3.05, 3.63) is 35.1 Å². The molecule has 0 aliphatic carbocycles. The zero-order valence-electron chi connectivity index (χ0n) is 7.54. The highest BCUT2D eigenvalue weighted by Crippen LogP contribution is 2.10. The van der Waals surface area contributed by atoms with Gasteiger partial charge in [-0.1, -0.05) is 0 Å². The van der Waals surface area contributed by atoms with E-state index in [0.717, 1.165) is 0 Å². The van der Waals surface area contributed by atoms with Crippen molar-refractivity contribution < 1.29 is 14.3 Å². The standard InChI is InChI=1S/C10H11FO2/c1-6-5-8(3-4-9(6)11)10(13)7(2)12/h3-5,7,12H,1-2H3. The van der Waals surface area contributed by atoms with Gasteiger partial charge in [-0.05, 0) is 37.6 Å². The van der Waals surface area contributed by atoms with Gasteiger partial charge in [0.25, 0.3) is 0 Å². The van der Waals surface area contributed by atoms with Gasteiger partial charge in [-0.3, -0.25) is 4.79 Å². The Hall–Kier alpha value is -1.22. The Morgan fingerprint density at radius 3 is 2.62 bits per heavy atom. The van der Waals surface area contributed by atoms with E-state index in [1.165, 1.54) is 25.1 Å². The second kappa shape index (κ2) is 3.66. The van der Waals surface area contributed by atoms with Crippen LogP contribution in [0.1, 0.15) is 22.8 Å². The summed E-state index contributed by atoms with van der Waals surface area (Å²) in [5, 5.41) is 8.99. The topological polar surface area (TPSA) is 37.3 Å². The Morgan fingerprint density at radius 2 is 2.15 bits per heavy atom. The van der Waals surface area contributed by atoms with Gasteiger partial charge >= 0.3 is 0 Å². The number of rotatable bonds is 2. The fraction of sp³-hybridized carbons (Fsp3) is 0.300. The molecule has 0 bridgehead atoms. The number of Topliss-reactive ketones (excluding diaryl/α,β-unsaturated/α-hetero) is 1. The van der Waals surface area contributed by atoms with E-state index in [2.05, 4.69) is 0 Å². The van der Waals surface area contributed by atoms with Crippen molar-refractivity contribution in [2.45, 2.75) is 20.0 Å². The number of aliphatic hydroxyl groups is 1. The van der Waals surface area contributed by atoms with Crippen LogP contribution in [0.25, 0.3) is 0 Å². The number of aryl methyl sites for hydroxylation is 1. The fourth-order valence-corrected chi connectivity index (χ4v) is 1.04. The molecule has 0 saturated heterocycles. The Bertz CT molecular complexity index is 332. The van der Waals surface area contributed by atoms with Crippen LogP contribution in [0.5, 0.6) is 0 Å². The number of carbonyl (C=O) groups is 1. The van der Waals surface area contributed by atoms with E-state index in [4.69, 9.17) is 5.11 Å². The van der Waals surface area contributed by atoms with Gasteiger partial charge in [0.15, 0.2) is 5.78 Å². The van der Waals surface area contributed by atoms with Gasteiger partial charge in [0.05, 0.1) is 0 Å². The highest BCUT2D eigenvalue weighted by Gasteiger charge is 2.12. The molecule has 0 spiro atoms. The maximum atomic E-state index is 12.8. The Morgan fingerprint density at radius 1 is 1.54 bits per heavy atom. The lowest BCUT2D eigenvalue weighted by atomic mass is 10.0. The number of hydrogen-bond acceptors (Lipinski definition) is 2. The molecule has 0 radical (unpaired) electrons. The Labute approximate surface area is 76.0 Å². The van der Waals surface area contributed by atoms with Crippen LogP contribution in [-0.2, 0) is 0 Å². The minimum atomic E-state index is -1.04. The fourth-order valence-electron chi connectivity index (χ4n) is 1.04. The first kappa shape index (κ1) is 9.86. The third-order valence-electron chi connectivity index (χ3n) is 1.82. The molecule has 1 aromatic carbocycles. The van der Waals surface area contributed by atoms with E-state index in [1.807, 2.05) is 0 Å². The summed E-state index contributed by atoms with van der Waals surface area (Å²) >= 11 is 0. The first-order valence-corrected chi connectivity index (χ1v) is 4.01. The van der Waals surface area contributed by atoms with Gasteiger partial charge in [0, 0.05) is 5.56 Å². The molecule has 1 N–H and O–H groups in total. The second-order valence-electron chi connectivity index (χ2n) is 3.00. The Kier molecular flexibility index (Phi) is 2.78. The van der Waals surface area contributed by atoms with Gasteiger partial charge in [-0.15, -0.1) is 0 Å². The molecule has 0 aromatic heterocycles. The highest BCUT2D eigenvalue weighted by atomic mass is 19.1. The van der Waals surface area contributed by atoms with Crippen molar-refractivity contribution in [3.63, 3.8) is 0 Å². The zero-order chi connectivity index (χ0) is 10.0. The van der Waals surface area contributed by atoms with Crippen LogP contribution < -0.4 is 0 Å². The summed E-state index contributed by atoms with van der Waals surface area (Å²) in [6.07, 6.45) is -1.04. The summed E-state index contributed by atoms with van der Waals surface area (Å²) in [5.74, 6) is -0.731. The minimum absolute atomic E-state index is 0.342. The number of ketones is 1. The molecule has 0 heterocycles. The summed E-state index contributed by atoms with van der Waals surface area (Å²) in [6.45, 7) is 2.97. The molecule has 0 aliphatic rings. The number of benzene rings is 1. The number of carbonyl (C=O) groups excluding carboxylic acids is 1. The first-order valence-electron chi connectivity index (χ1n) is 4.01. The molecule has 0 fully saturated rings. The van der Waals surface area contributed by atoms with E-state index in [9.17, 15) is 9.18 Å². The van der Waals surface area contributed by atoms with E-state index < -0.39 is 6.10 Å². The predicted octanol–water partition coefficient (Wildman–Crippen LogP) is 1.70. The van der Waals surface area contributed by atoms with Crippen LogP contribution in [0.15, 0.2) is 18.2 Å². The predicted molar refractivity (Wildman–Crippen MR) is 47.1 cm³/mol. The molecule has 1 atom stereocenters. The second-order valence-corrected chi connectivity index (χ2v) is 3.00. The number of aliphatic hydroxyl groups excluding tert-OH is 1. The molecule has 1 rings (SSSR count). The quantitative estimate of drug-likeness (QED) is 0.707. The molecule has 0 aliphatic heterocycles. The normalized spacial score (nSPS) is 12.6. The lowest BCUT2D eigenvalue weighted by Crippen LogP contribution is -2.16. The van der Waals surface area contributed by atoms with Gasteiger partial charge in [-0.25, -0.2) is 4.39 Å². The van der Waals surface area contributed by atoms with Crippen molar-refractivity contribution >= 4 is 5.78 Å². The molecule has 0 amide bonds. The molecule has 2 nitrogen and oxygen atoms in total. The van der Waals surface area contributed by atoms with Gasteiger partial charge in [0.1, 0.15) is 11.9 Å². The van der Waals surface area contributed by atoms with Gasteiger partial charge in [-0.2, -0.15) is 0 Å². The maximum absolute atomic E-state index is 12.8. The van der Waals surface area contributed by atoms with Crippen molar-refractivity contribution in [2.75, 3.05) is 0 Å². The molecule has 0 saturated carbocycles. The van der Waals surface area contributed by atoms with Crippen molar-refractivity contribution in [2.24, 2.45) is 0 Å². The van der Waals surface area contributed by atoms with Crippen molar-refractivity contribution in [1.82, 2.24) is 0 Å². The SMILES string of the molecule is Cc1cc(C(=O)C(C)O)ccc1F. The summed E-state index contributed by atoms with van der Waals surface area (Å²) < 4.78 is 12.8. The summed E-state index contributed by atoms with van der Waals surface area (Å²) in [7, 11) is 0. The van der Waals surface area contributed by atoms with Crippen molar-refractivity contribution in [3.8, 4) is 0 Å². The van der Waals surface area contributed by atoms with Gasteiger partial charge < -0.3 is 5.11 Å². The average Bonchev–Trinajstić information content (AvgIpc) is 2.08. The average molecular weight is 182 g/mol. The molecule has 13 heavy (non-hydrogen) atoms. The van der Waals surface area contributed by atoms with Crippen molar-refractivity contribution in [1.29, 1.82) is 0 Å². The minimum Gasteiger partial charge on any atom is -0.385 e. The number of hydrogen-bond donors (Lipinski definition) is 1. The maximum Gasteiger partial charge on any atom is 0.190 e.